The highest BCUT2D eigenvalue weighted by atomic mass is 16.2. The van der Waals surface area contributed by atoms with Crippen molar-refractivity contribution in [3.8, 4) is 0 Å². The molecular weight excluding hydrogens is 240 g/mol. The van der Waals surface area contributed by atoms with Gasteiger partial charge in [-0.2, -0.15) is 0 Å². The van der Waals surface area contributed by atoms with Crippen LogP contribution in [0.25, 0.3) is 0 Å². The Morgan fingerprint density at radius 1 is 1.47 bits per heavy atom. The summed E-state index contributed by atoms with van der Waals surface area (Å²) in [6, 6.07) is 1.70. The first-order valence-corrected chi connectivity index (χ1v) is 6.96. The Labute approximate surface area is 114 Å². The molecule has 1 aromatic heterocycles. The lowest BCUT2D eigenvalue weighted by atomic mass is 9.96. The minimum Gasteiger partial charge on any atom is -0.344 e. The lowest BCUT2D eigenvalue weighted by Crippen LogP contribution is -2.34. The van der Waals surface area contributed by atoms with Crippen molar-refractivity contribution >= 4 is 11.7 Å². The number of ketones is 1. The minimum atomic E-state index is -0.236. The maximum Gasteiger partial charge on any atom is 0.245 e. The van der Waals surface area contributed by atoms with Crippen molar-refractivity contribution < 1.29 is 9.59 Å². The lowest BCUT2D eigenvalue weighted by Gasteiger charge is -2.25. The van der Waals surface area contributed by atoms with Gasteiger partial charge in [-0.05, 0) is 39.7 Å². The number of hydrogen-bond donors (Lipinski definition) is 0. The molecule has 1 amide bonds. The van der Waals surface area contributed by atoms with Gasteiger partial charge in [0.15, 0.2) is 5.78 Å². The van der Waals surface area contributed by atoms with Crippen LogP contribution in [0.1, 0.15) is 54.5 Å². The van der Waals surface area contributed by atoms with Crippen molar-refractivity contribution in [3.05, 3.63) is 23.0 Å². The summed E-state index contributed by atoms with van der Waals surface area (Å²) in [5, 5.41) is 0. The second-order valence-corrected chi connectivity index (χ2v) is 5.32. The molecule has 0 fully saturated rings. The van der Waals surface area contributed by atoms with Gasteiger partial charge >= 0.3 is 0 Å². The fourth-order valence-electron chi connectivity index (χ4n) is 2.88. The van der Waals surface area contributed by atoms with E-state index in [2.05, 4.69) is 0 Å². The van der Waals surface area contributed by atoms with Crippen LogP contribution in [0.2, 0.25) is 0 Å². The van der Waals surface area contributed by atoms with Crippen molar-refractivity contribution in [2.24, 2.45) is 0 Å². The van der Waals surface area contributed by atoms with Crippen LogP contribution in [-0.2, 0) is 11.2 Å². The Morgan fingerprint density at radius 3 is 2.79 bits per heavy atom. The number of fused-ring (bicyclic) bond motifs is 1. The van der Waals surface area contributed by atoms with Crippen molar-refractivity contribution in [3.63, 3.8) is 0 Å². The van der Waals surface area contributed by atoms with Gasteiger partial charge in [0.05, 0.1) is 0 Å². The van der Waals surface area contributed by atoms with E-state index in [4.69, 9.17) is 0 Å². The molecule has 0 radical (unpaired) electrons. The van der Waals surface area contributed by atoms with Crippen LogP contribution >= 0.6 is 0 Å². The zero-order chi connectivity index (χ0) is 14.2. The van der Waals surface area contributed by atoms with E-state index >= 15 is 0 Å². The highest BCUT2D eigenvalue weighted by Gasteiger charge is 2.27. The molecule has 0 spiro atoms. The zero-order valence-electron chi connectivity index (χ0n) is 12.2. The molecule has 1 heterocycles. The Bertz CT molecular complexity index is 516. The highest BCUT2D eigenvalue weighted by Crippen LogP contribution is 2.28. The first kappa shape index (κ1) is 13.8. The normalized spacial score (nSPS) is 16.1. The summed E-state index contributed by atoms with van der Waals surface area (Å²) in [7, 11) is 1.81. The molecule has 4 nitrogen and oxygen atoms in total. The molecule has 0 aromatic carbocycles. The molecule has 1 aliphatic rings. The van der Waals surface area contributed by atoms with E-state index in [0.717, 1.165) is 29.8 Å². The number of amides is 1. The molecule has 0 saturated heterocycles. The van der Waals surface area contributed by atoms with E-state index in [9.17, 15) is 9.59 Å². The molecule has 1 aliphatic carbocycles. The monoisotopic (exact) mass is 262 g/mol. The van der Waals surface area contributed by atoms with Crippen LogP contribution in [0.5, 0.6) is 0 Å². The average molecular weight is 262 g/mol. The van der Waals surface area contributed by atoms with Gasteiger partial charge < -0.3 is 9.47 Å². The quantitative estimate of drug-likeness (QED) is 0.839. The van der Waals surface area contributed by atoms with Gasteiger partial charge in [-0.1, -0.05) is 0 Å². The number of carbonyl (C=O) groups excluding carboxylic acids is 2. The molecule has 0 N–H and O–H groups in total. The molecule has 104 valence electrons. The van der Waals surface area contributed by atoms with Gasteiger partial charge in [-0.3, -0.25) is 9.59 Å². The summed E-state index contributed by atoms with van der Waals surface area (Å²) in [4.78, 5) is 26.0. The second kappa shape index (κ2) is 5.19. The predicted molar refractivity (Wildman–Crippen MR) is 74.5 cm³/mol. The van der Waals surface area contributed by atoms with Crippen LogP contribution in [0.3, 0.4) is 0 Å². The molecule has 0 saturated carbocycles. The molecule has 1 atom stereocenters. The average Bonchev–Trinajstić information content (AvgIpc) is 2.74. The lowest BCUT2D eigenvalue weighted by molar-refractivity contribution is -0.132. The van der Waals surface area contributed by atoms with E-state index in [1.54, 1.807) is 4.90 Å². The van der Waals surface area contributed by atoms with Gasteiger partial charge in [0.25, 0.3) is 0 Å². The molecule has 1 unspecified atom stereocenters. The summed E-state index contributed by atoms with van der Waals surface area (Å²) in [5.41, 5.74) is 2.87. The summed E-state index contributed by atoms with van der Waals surface area (Å²) in [6.45, 7) is 6.55. The van der Waals surface area contributed by atoms with Crippen molar-refractivity contribution in [1.82, 2.24) is 9.47 Å². The molecule has 19 heavy (non-hydrogen) atoms. The molecule has 0 bridgehead atoms. The van der Waals surface area contributed by atoms with Gasteiger partial charge in [0, 0.05) is 37.0 Å². The van der Waals surface area contributed by atoms with Gasteiger partial charge in [-0.25, -0.2) is 0 Å². The largest absolute Gasteiger partial charge is 0.344 e. The number of likely N-dealkylation sites (N-methyl/N-ethyl adjacent to an activating group) is 1. The number of aromatic nitrogens is 1. The third-order valence-electron chi connectivity index (χ3n) is 4.05. The summed E-state index contributed by atoms with van der Waals surface area (Å²) in [6.07, 6.45) is 2.41. The van der Waals surface area contributed by atoms with Gasteiger partial charge in [0.1, 0.15) is 6.04 Å². The molecule has 1 aromatic rings. The number of hydrogen-bond acceptors (Lipinski definition) is 2. The van der Waals surface area contributed by atoms with Crippen LogP contribution in [0, 0.1) is 6.92 Å². The summed E-state index contributed by atoms with van der Waals surface area (Å²) < 4.78 is 2.04. The van der Waals surface area contributed by atoms with Crippen molar-refractivity contribution in [2.45, 2.75) is 46.1 Å². The van der Waals surface area contributed by atoms with E-state index < -0.39 is 0 Å². The summed E-state index contributed by atoms with van der Waals surface area (Å²) >= 11 is 0. The maximum absolute atomic E-state index is 12.3. The molecule has 4 heteroatoms. The van der Waals surface area contributed by atoms with Crippen LogP contribution in [0.4, 0.5) is 0 Å². The van der Waals surface area contributed by atoms with Gasteiger partial charge in [-0.15, -0.1) is 0 Å². The number of nitrogens with zero attached hydrogens (tertiary/aromatic N) is 2. The summed E-state index contributed by atoms with van der Waals surface area (Å²) in [5.74, 6) is 0.314. The first-order valence-electron chi connectivity index (χ1n) is 6.96. The number of aryl methyl sites for hydroxylation is 1. The Morgan fingerprint density at radius 2 is 2.16 bits per heavy atom. The SMILES string of the molecule is CCN(C)C(=O)C(C)n1c(C)cc2c1CCCC2=O. The third kappa shape index (κ3) is 2.31. The number of Topliss-reactive ketones (excluding diaryl/α,β-unsaturated/α-hetero) is 1. The van der Waals surface area contributed by atoms with Crippen LogP contribution in [-0.4, -0.2) is 34.7 Å². The smallest absolute Gasteiger partial charge is 0.245 e. The van der Waals surface area contributed by atoms with E-state index in [0.29, 0.717) is 13.0 Å². The Hall–Kier alpha value is -1.58. The van der Waals surface area contributed by atoms with E-state index in [1.165, 1.54) is 0 Å². The zero-order valence-corrected chi connectivity index (χ0v) is 12.2. The number of rotatable bonds is 3. The molecule has 0 aliphatic heterocycles. The fraction of sp³-hybridized carbons (Fsp3) is 0.600. The standard InChI is InChI=1S/C15H22N2O2/c1-5-16(4)15(19)11(3)17-10(2)9-12-13(17)7-6-8-14(12)18/h9,11H,5-8H2,1-4H3. The van der Waals surface area contributed by atoms with E-state index in [1.807, 2.05) is 38.5 Å². The predicted octanol–water partition coefficient (Wildman–Crippen LogP) is 2.35. The fourth-order valence-corrected chi connectivity index (χ4v) is 2.88. The minimum absolute atomic E-state index is 0.0991. The Kier molecular flexibility index (Phi) is 3.78. The molecular formula is C15H22N2O2. The van der Waals surface area contributed by atoms with Gasteiger partial charge in [0.2, 0.25) is 5.91 Å². The number of carbonyl (C=O) groups is 2. The molecule has 2 rings (SSSR count). The highest BCUT2D eigenvalue weighted by molar-refractivity contribution is 5.98. The van der Waals surface area contributed by atoms with E-state index in [-0.39, 0.29) is 17.7 Å². The third-order valence-corrected chi connectivity index (χ3v) is 4.05. The topological polar surface area (TPSA) is 42.3 Å². The second-order valence-electron chi connectivity index (χ2n) is 5.32. The Balaban J connectivity index is 2.40. The van der Waals surface area contributed by atoms with Crippen molar-refractivity contribution in [2.75, 3.05) is 13.6 Å². The first-order chi connectivity index (χ1) is 8.97. The van der Waals surface area contributed by atoms with Crippen LogP contribution < -0.4 is 0 Å². The maximum atomic E-state index is 12.3. The van der Waals surface area contributed by atoms with Crippen molar-refractivity contribution in [1.29, 1.82) is 0 Å². The van der Waals surface area contributed by atoms with Crippen LogP contribution in [0.15, 0.2) is 6.07 Å².